The van der Waals surface area contributed by atoms with E-state index >= 15 is 0 Å². The molecule has 0 aliphatic heterocycles. The van der Waals surface area contributed by atoms with Crippen LogP contribution in [-0.4, -0.2) is 22.0 Å². The van der Waals surface area contributed by atoms with Crippen molar-refractivity contribution in [3.05, 3.63) is 47.9 Å². The second-order valence-corrected chi connectivity index (χ2v) is 5.01. The minimum atomic E-state index is 0.723. The Morgan fingerprint density at radius 1 is 1.25 bits per heavy atom. The molecular weight excluding hydrogens is 250 g/mol. The third-order valence-corrected chi connectivity index (χ3v) is 3.43. The number of rotatable bonds is 3. The summed E-state index contributed by atoms with van der Waals surface area (Å²) in [6, 6.07) is 8.23. The SMILES string of the molecule is Cc1cc(N(C)Cc2ccc3nc[nH]c3c2)ncc1N. The van der Waals surface area contributed by atoms with Gasteiger partial charge in [0.05, 0.1) is 29.2 Å². The number of nitrogens with one attached hydrogen (secondary N) is 1. The summed E-state index contributed by atoms with van der Waals surface area (Å²) in [7, 11) is 2.02. The first-order valence-electron chi connectivity index (χ1n) is 6.49. The zero-order valence-electron chi connectivity index (χ0n) is 11.6. The average Bonchev–Trinajstić information content (AvgIpc) is 2.89. The third-order valence-electron chi connectivity index (χ3n) is 3.43. The first-order valence-corrected chi connectivity index (χ1v) is 6.49. The Kier molecular flexibility index (Phi) is 3.02. The Balaban J connectivity index is 1.83. The number of nitrogens with two attached hydrogens (primary N) is 1. The van der Waals surface area contributed by atoms with Gasteiger partial charge in [0, 0.05) is 13.6 Å². The van der Waals surface area contributed by atoms with E-state index in [0.717, 1.165) is 34.6 Å². The molecule has 3 N–H and O–H groups in total. The van der Waals surface area contributed by atoms with Gasteiger partial charge in [0.25, 0.3) is 0 Å². The number of hydrogen-bond donors (Lipinski definition) is 2. The molecule has 0 saturated carbocycles. The summed E-state index contributed by atoms with van der Waals surface area (Å²) in [5.41, 5.74) is 10.8. The highest BCUT2D eigenvalue weighted by Crippen LogP contribution is 2.19. The molecule has 5 heteroatoms. The van der Waals surface area contributed by atoms with Crippen LogP contribution in [0.15, 0.2) is 36.8 Å². The first-order chi connectivity index (χ1) is 9.63. The maximum atomic E-state index is 5.80. The van der Waals surface area contributed by atoms with Gasteiger partial charge in [-0.1, -0.05) is 6.07 Å². The lowest BCUT2D eigenvalue weighted by Crippen LogP contribution is -2.17. The second-order valence-electron chi connectivity index (χ2n) is 5.01. The van der Waals surface area contributed by atoms with Gasteiger partial charge in [-0.2, -0.15) is 0 Å². The molecule has 0 atom stereocenters. The molecule has 2 aromatic heterocycles. The highest BCUT2D eigenvalue weighted by atomic mass is 15.2. The number of benzene rings is 1. The molecule has 0 fully saturated rings. The first kappa shape index (κ1) is 12.5. The van der Waals surface area contributed by atoms with Gasteiger partial charge in [-0.05, 0) is 36.2 Å². The molecule has 0 radical (unpaired) electrons. The van der Waals surface area contributed by atoms with Crippen molar-refractivity contribution in [3.8, 4) is 0 Å². The Labute approximate surface area is 117 Å². The molecule has 5 nitrogen and oxygen atoms in total. The monoisotopic (exact) mass is 267 g/mol. The van der Waals surface area contributed by atoms with Crippen LogP contribution in [0.4, 0.5) is 11.5 Å². The second kappa shape index (κ2) is 4.85. The van der Waals surface area contributed by atoms with Gasteiger partial charge in [-0.3, -0.25) is 0 Å². The molecule has 20 heavy (non-hydrogen) atoms. The quantitative estimate of drug-likeness (QED) is 0.765. The van der Waals surface area contributed by atoms with E-state index < -0.39 is 0 Å². The van der Waals surface area contributed by atoms with E-state index in [4.69, 9.17) is 5.73 Å². The molecule has 0 aliphatic carbocycles. The number of pyridine rings is 1. The summed E-state index contributed by atoms with van der Waals surface area (Å²) >= 11 is 0. The zero-order chi connectivity index (χ0) is 14.1. The van der Waals surface area contributed by atoms with Crippen LogP contribution in [0.1, 0.15) is 11.1 Å². The lowest BCUT2D eigenvalue weighted by molar-refractivity contribution is 0.898. The molecule has 3 rings (SSSR count). The number of anilines is 2. The number of aromatic nitrogens is 3. The Bertz CT molecular complexity index is 747. The predicted molar refractivity (Wildman–Crippen MR) is 81.6 cm³/mol. The lowest BCUT2D eigenvalue weighted by Gasteiger charge is -2.19. The Morgan fingerprint density at radius 2 is 2.10 bits per heavy atom. The van der Waals surface area contributed by atoms with Crippen molar-refractivity contribution in [2.45, 2.75) is 13.5 Å². The molecule has 0 amide bonds. The van der Waals surface area contributed by atoms with Crippen LogP contribution in [0.5, 0.6) is 0 Å². The summed E-state index contributed by atoms with van der Waals surface area (Å²) < 4.78 is 0. The fourth-order valence-corrected chi connectivity index (χ4v) is 2.20. The van der Waals surface area contributed by atoms with E-state index in [1.54, 1.807) is 12.5 Å². The maximum absolute atomic E-state index is 5.80. The van der Waals surface area contributed by atoms with E-state index in [1.807, 2.05) is 26.1 Å². The van der Waals surface area contributed by atoms with Crippen LogP contribution >= 0.6 is 0 Å². The molecule has 0 saturated heterocycles. The van der Waals surface area contributed by atoms with Crippen LogP contribution in [0.2, 0.25) is 0 Å². The molecule has 0 unspecified atom stereocenters. The topological polar surface area (TPSA) is 70.8 Å². The Morgan fingerprint density at radius 3 is 2.90 bits per heavy atom. The molecule has 3 aromatic rings. The van der Waals surface area contributed by atoms with E-state index in [2.05, 4.69) is 32.0 Å². The van der Waals surface area contributed by atoms with Gasteiger partial charge in [-0.15, -0.1) is 0 Å². The van der Waals surface area contributed by atoms with Crippen molar-refractivity contribution < 1.29 is 0 Å². The molecular formula is C15H17N5. The number of nitrogens with zero attached hydrogens (tertiary/aromatic N) is 3. The molecule has 0 spiro atoms. The zero-order valence-corrected chi connectivity index (χ0v) is 11.6. The van der Waals surface area contributed by atoms with E-state index in [1.165, 1.54) is 5.56 Å². The van der Waals surface area contributed by atoms with Gasteiger partial charge in [0.2, 0.25) is 0 Å². The summed E-state index contributed by atoms with van der Waals surface area (Å²) in [5.74, 6) is 0.918. The summed E-state index contributed by atoms with van der Waals surface area (Å²) in [4.78, 5) is 13.8. The van der Waals surface area contributed by atoms with Gasteiger partial charge < -0.3 is 15.6 Å². The maximum Gasteiger partial charge on any atom is 0.128 e. The average molecular weight is 267 g/mol. The molecule has 2 heterocycles. The third kappa shape index (κ3) is 2.30. The van der Waals surface area contributed by atoms with Gasteiger partial charge in [0.1, 0.15) is 5.82 Å². The predicted octanol–water partition coefficient (Wildman–Crippen LogP) is 2.48. The number of imidazole rings is 1. The van der Waals surface area contributed by atoms with Gasteiger partial charge in [-0.25, -0.2) is 9.97 Å². The van der Waals surface area contributed by atoms with Gasteiger partial charge in [0.15, 0.2) is 0 Å². The fourth-order valence-electron chi connectivity index (χ4n) is 2.20. The van der Waals surface area contributed by atoms with Crippen molar-refractivity contribution in [1.82, 2.24) is 15.0 Å². The van der Waals surface area contributed by atoms with Crippen LogP contribution in [-0.2, 0) is 6.54 Å². The van der Waals surface area contributed by atoms with Crippen molar-refractivity contribution in [1.29, 1.82) is 0 Å². The van der Waals surface area contributed by atoms with Gasteiger partial charge >= 0.3 is 0 Å². The largest absolute Gasteiger partial charge is 0.397 e. The van der Waals surface area contributed by atoms with Crippen LogP contribution in [0.25, 0.3) is 11.0 Å². The van der Waals surface area contributed by atoms with Crippen LogP contribution < -0.4 is 10.6 Å². The van der Waals surface area contributed by atoms with Crippen molar-refractivity contribution >= 4 is 22.5 Å². The molecule has 0 aliphatic rings. The van der Waals surface area contributed by atoms with Crippen molar-refractivity contribution in [2.24, 2.45) is 0 Å². The highest BCUT2D eigenvalue weighted by molar-refractivity contribution is 5.75. The smallest absolute Gasteiger partial charge is 0.128 e. The fraction of sp³-hybridized carbons (Fsp3) is 0.200. The van der Waals surface area contributed by atoms with E-state index in [9.17, 15) is 0 Å². The molecule has 102 valence electrons. The molecule has 1 aromatic carbocycles. The number of aromatic amines is 1. The van der Waals surface area contributed by atoms with Crippen LogP contribution in [0.3, 0.4) is 0 Å². The molecule has 0 bridgehead atoms. The highest BCUT2D eigenvalue weighted by Gasteiger charge is 2.06. The van der Waals surface area contributed by atoms with E-state index in [-0.39, 0.29) is 0 Å². The minimum absolute atomic E-state index is 0.723. The van der Waals surface area contributed by atoms with Crippen LogP contribution in [0, 0.1) is 6.92 Å². The number of nitrogen functional groups attached to an aromatic ring is 1. The standard InChI is InChI=1S/C15H17N5/c1-10-5-15(17-7-12(10)16)20(2)8-11-3-4-13-14(6-11)19-9-18-13/h3-7,9H,8,16H2,1-2H3,(H,18,19). The number of H-pyrrole nitrogens is 1. The van der Waals surface area contributed by atoms with Crippen molar-refractivity contribution in [3.63, 3.8) is 0 Å². The normalized spacial score (nSPS) is 10.9. The number of fused-ring (bicyclic) bond motifs is 1. The summed E-state index contributed by atoms with van der Waals surface area (Å²) in [5, 5.41) is 0. The van der Waals surface area contributed by atoms with Crippen molar-refractivity contribution in [2.75, 3.05) is 17.7 Å². The summed E-state index contributed by atoms with van der Waals surface area (Å²) in [6.45, 7) is 2.77. The Hall–Kier alpha value is -2.56. The lowest BCUT2D eigenvalue weighted by atomic mass is 10.2. The number of aryl methyl sites for hydroxylation is 1. The number of hydrogen-bond acceptors (Lipinski definition) is 4. The summed E-state index contributed by atoms with van der Waals surface area (Å²) in [6.07, 6.45) is 3.42. The van der Waals surface area contributed by atoms with E-state index in [0.29, 0.717) is 0 Å². The minimum Gasteiger partial charge on any atom is -0.397 e.